The van der Waals surface area contributed by atoms with Gasteiger partial charge < -0.3 is 0 Å². The number of allylic oxidation sites excluding steroid dienone is 6. The summed E-state index contributed by atoms with van der Waals surface area (Å²) in [6.45, 7) is 23.7. The van der Waals surface area contributed by atoms with E-state index in [-0.39, 0.29) is 16.2 Å². The Morgan fingerprint density at radius 1 is 0.740 bits per heavy atom. The standard InChI is InChI=1S/C49H57N/c1-11-48(27-25-41(40-21-14-12-15-22-40)32-39(8)50-43-23-16-13-17-24-43)47(9,10)49(48)28-26-42(44-36(5)29-33(2)30-37(44)6)31-38(7)46(49)45-34(3)19-18-20-35(45)4/h12-24,29-32H,11,25-28H2,1-10H3/b41-32+,50-39?/t48?,49-/m0/s1. The van der Waals surface area contributed by atoms with E-state index in [0.29, 0.717) is 0 Å². The molecule has 0 bridgehead atoms. The molecule has 0 aliphatic heterocycles. The molecule has 0 aromatic heterocycles. The van der Waals surface area contributed by atoms with Gasteiger partial charge in [-0.2, -0.15) is 0 Å². The molecular weight excluding hydrogens is 603 g/mol. The van der Waals surface area contributed by atoms with Crippen molar-refractivity contribution in [3.63, 3.8) is 0 Å². The third kappa shape index (κ3) is 5.97. The number of nitrogens with zero attached hydrogens (tertiary/aromatic N) is 1. The van der Waals surface area contributed by atoms with E-state index in [4.69, 9.17) is 4.99 Å². The molecule has 2 aliphatic carbocycles. The van der Waals surface area contributed by atoms with Crippen LogP contribution in [0.4, 0.5) is 5.69 Å². The fourth-order valence-electron chi connectivity index (χ4n) is 10.7. The molecule has 50 heavy (non-hydrogen) atoms. The first-order valence-electron chi connectivity index (χ1n) is 18.8. The van der Waals surface area contributed by atoms with Crippen LogP contribution in [0.3, 0.4) is 0 Å². The van der Waals surface area contributed by atoms with Gasteiger partial charge in [0.2, 0.25) is 0 Å². The Morgan fingerprint density at radius 3 is 1.94 bits per heavy atom. The number of hydrogen-bond acceptors (Lipinski definition) is 1. The third-order valence-corrected chi connectivity index (χ3v) is 12.7. The van der Waals surface area contributed by atoms with Crippen molar-refractivity contribution in [2.24, 2.45) is 21.2 Å². The van der Waals surface area contributed by atoms with Gasteiger partial charge in [-0.3, -0.25) is 4.99 Å². The Hall–Kier alpha value is -4.23. The lowest BCUT2D eigenvalue weighted by atomic mass is 9.72. The number of rotatable bonds is 9. The van der Waals surface area contributed by atoms with Crippen LogP contribution < -0.4 is 0 Å². The second-order valence-electron chi connectivity index (χ2n) is 15.9. The predicted molar refractivity (Wildman–Crippen MR) is 218 cm³/mol. The summed E-state index contributed by atoms with van der Waals surface area (Å²) < 4.78 is 0. The average Bonchev–Trinajstić information content (AvgIpc) is 3.56. The van der Waals surface area contributed by atoms with Crippen molar-refractivity contribution in [1.29, 1.82) is 0 Å². The second-order valence-corrected chi connectivity index (χ2v) is 15.9. The van der Waals surface area contributed by atoms with E-state index in [2.05, 4.69) is 172 Å². The molecule has 258 valence electrons. The van der Waals surface area contributed by atoms with Gasteiger partial charge in [-0.1, -0.05) is 111 Å². The first-order valence-corrected chi connectivity index (χ1v) is 18.8. The molecule has 1 nitrogen and oxygen atoms in total. The summed E-state index contributed by atoms with van der Waals surface area (Å²) in [6.07, 6.45) is 10.5. The molecule has 0 heterocycles. The first kappa shape index (κ1) is 35.6. The SMILES string of the molecule is CCC1(CC/C(=C\C(C)=Nc2ccccc2)c2ccccc2)C(C)(C)[C@@]12CCC(c1c(C)cc(C)cc1C)=CC(C)=C2c1c(C)cccc1C. The average molecular weight is 660 g/mol. The van der Waals surface area contributed by atoms with Crippen LogP contribution in [0.25, 0.3) is 16.7 Å². The zero-order chi connectivity index (χ0) is 35.8. The summed E-state index contributed by atoms with van der Waals surface area (Å²) in [5.41, 5.74) is 19.4. The van der Waals surface area contributed by atoms with Crippen molar-refractivity contribution in [2.75, 3.05) is 0 Å². The molecule has 4 aromatic carbocycles. The maximum absolute atomic E-state index is 4.99. The van der Waals surface area contributed by atoms with E-state index in [1.807, 2.05) is 0 Å². The van der Waals surface area contributed by atoms with Gasteiger partial charge in [0.05, 0.1) is 5.69 Å². The van der Waals surface area contributed by atoms with Gasteiger partial charge in [0.25, 0.3) is 0 Å². The van der Waals surface area contributed by atoms with Gasteiger partial charge in [-0.25, -0.2) is 0 Å². The molecule has 0 radical (unpaired) electrons. The summed E-state index contributed by atoms with van der Waals surface area (Å²) in [7, 11) is 0. The van der Waals surface area contributed by atoms with Crippen molar-refractivity contribution >= 4 is 28.1 Å². The number of aryl methyl sites for hydroxylation is 5. The van der Waals surface area contributed by atoms with Crippen LogP contribution >= 0.6 is 0 Å². The summed E-state index contributed by atoms with van der Waals surface area (Å²) >= 11 is 0. The highest BCUT2D eigenvalue weighted by Crippen LogP contribution is 2.88. The Morgan fingerprint density at radius 2 is 1.34 bits per heavy atom. The Kier molecular flexibility index (Phi) is 9.84. The van der Waals surface area contributed by atoms with Gasteiger partial charge in [0.1, 0.15) is 0 Å². The molecule has 1 spiro atoms. The topological polar surface area (TPSA) is 12.4 Å². The van der Waals surface area contributed by atoms with Gasteiger partial charge in [0.15, 0.2) is 0 Å². The van der Waals surface area contributed by atoms with E-state index >= 15 is 0 Å². The van der Waals surface area contributed by atoms with Crippen LogP contribution in [-0.2, 0) is 0 Å². The quantitative estimate of drug-likeness (QED) is 0.159. The largest absolute Gasteiger partial charge is 0.254 e. The van der Waals surface area contributed by atoms with E-state index in [9.17, 15) is 0 Å². The lowest BCUT2D eigenvalue weighted by molar-refractivity contribution is 0.330. The summed E-state index contributed by atoms with van der Waals surface area (Å²) in [6, 6.07) is 33.0. The highest BCUT2D eigenvalue weighted by Gasteiger charge is 2.81. The van der Waals surface area contributed by atoms with Crippen molar-refractivity contribution < 1.29 is 0 Å². The van der Waals surface area contributed by atoms with E-state index in [0.717, 1.165) is 43.5 Å². The predicted octanol–water partition coefficient (Wildman–Crippen LogP) is 14.0. The minimum atomic E-state index is 0.0510. The molecule has 6 rings (SSSR count). The number of benzene rings is 4. The lowest BCUT2D eigenvalue weighted by Crippen LogP contribution is -2.18. The van der Waals surface area contributed by atoms with Crippen LogP contribution in [0, 0.1) is 50.9 Å². The van der Waals surface area contributed by atoms with Crippen LogP contribution in [0.5, 0.6) is 0 Å². The normalized spacial score (nSPS) is 22.1. The lowest BCUT2D eigenvalue weighted by Gasteiger charge is -2.31. The van der Waals surface area contributed by atoms with E-state index < -0.39 is 0 Å². The molecule has 1 unspecified atom stereocenters. The van der Waals surface area contributed by atoms with Crippen LogP contribution in [0.2, 0.25) is 0 Å². The highest BCUT2D eigenvalue weighted by molar-refractivity contribution is 6.00. The number of para-hydroxylation sites is 1. The molecule has 0 N–H and O–H groups in total. The van der Waals surface area contributed by atoms with E-state index in [1.165, 1.54) is 61.2 Å². The van der Waals surface area contributed by atoms with Crippen molar-refractivity contribution in [1.82, 2.24) is 0 Å². The minimum Gasteiger partial charge on any atom is -0.254 e. The van der Waals surface area contributed by atoms with Crippen LogP contribution in [-0.4, -0.2) is 5.71 Å². The van der Waals surface area contributed by atoms with Gasteiger partial charge in [-0.15, -0.1) is 0 Å². The molecule has 2 atom stereocenters. The highest BCUT2D eigenvalue weighted by atomic mass is 14.8. The van der Waals surface area contributed by atoms with Crippen LogP contribution in [0.1, 0.15) is 111 Å². The minimum absolute atomic E-state index is 0.0510. The molecule has 4 aromatic rings. The number of hydrogen-bond donors (Lipinski definition) is 0. The Labute approximate surface area is 303 Å². The van der Waals surface area contributed by atoms with Gasteiger partial charge in [-0.05, 0) is 171 Å². The molecule has 1 fully saturated rings. The second kappa shape index (κ2) is 13.8. The van der Waals surface area contributed by atoms with E-state index in [1.54, 1.807) is 5.57 Å². The smallest absolute Gasteiger partial charge is 0.0632 e. The molecule has 1 saturated carbocycles. The van der Waals surface area contributed by atoms with Gasteiger partial charge >= 0.3 is 0 Å². The third-order valence-electron chi connectivity index (χ3n) is 12.7. The summed E-state index contributed by atoms with van der Waals surface area (Å²) in [4.78, 5) is 4.99. The van der Waals surface area contributed by atoms with Crippen molar-refractivity contribution in [3.8, 4) is 0 Å². The Balaban J connectivity index is 1.48. The molecule has 0 amide bonds. The fraction of sp³-hybridized carbons (Fsp3) is 0.367. The van der Waals surface area contributed by atoms with Crippen molar-refractivity contribution in [3.05, 3.63) is 153 Å². The maximum Gasteiger partial charge on any atom is 0.0632 e. The molecular formula is C49H57N. The summed E-state index contributed by atoms with van der Waals surface area (Å²) in [5.74, 6) is 0. The molecule has 2 aliphatic rings. The number of aliphatic imine (C=N–C) groups is 1. The zero-order valence-corrected chi connectivity index (χ0v) is 32.3. The zero-order valence-electron chi connectivity index (χ0n) is 32.3. The monoisotopic (exact) mass is 659 g/mol. The van der Waals surface area contributed by atoms with Crippen molar-refractivity contribution in [2.45, 2.75) is 101 Å². The Bertz CT molecular complexity index is 1970. The van der Waals surface area contributed by atoms with Crippen LogP contribution in [0.15, 0.2) is 114 Å². The van der Waals surface area contributed by atoms with Gasteiger partial charge in [0, 0.05) is 11.1 Å². The maximum atomic E-state index is 4.99. The summed E-state index contributed by atoms with van der Waals surface area (Å²) in [5, 5.41) is 0. The molecule has 0 saturated heterocycles. The molecule has 1 heteroatoms. The fourth-order valence-corrected chi connectivity index (χ4v) is 10.7. The first-order chi connectivity index (χ1) is 23.9.